The van der Waals surface area contributed by atoms with Crippen LogP contribution in [0.3, 0.4) is 0 Å². The Kier molecular flexibility index (Phi) is 3.82. The molecule has 3 heterocycles. The molecule has 3 rings (SSSR count). The molecule has 0 radical (unpaired) electrons. The molecule has 0 saturated heterocycles. The van der Waals surface area contributed by atoms with Gasteiger partial charge in [-0.1, -0.05) is 13.0 Å². The zero-order chi connectivity index (χ0) is 15.5. The number of fused-ring (bicyclic) bond motifs is 1. The van der Waals surface area contributed by atoms with E-state index in [9.17, 15) is 4.79 Å². The van der Waals surface area contributed by atoms with Crippen molar-refractivity contribution in [2.24, 2.45) is 0 Å². The molecular formula is C16H17N5O. The molecule has 22 heavy (non-hydrogen) atoms. The highest BCUT2D eigenvalue weighted by Crippen LogP contribution is 2.22. The van der Waals surface area contributed by atoms with Gasteiger partial charge >= 0.3 is 0 Å². The number of amides is 1. The van der Waals surface area contributed by atoms with Gasteiger partial charge in [-0.05, 0) is 24.6 Å². The Morgan fingerprint density at radius 3 is 2.77 bits per heavy atom. The third-order valence-electron chi connectivity index (χ3n) is 3.66. The fourth-order valence-electron chi connectivity index (χ4n) is 2.51. The molecule has 3 aromatic heterocycles. The third-order valence-corrected chi connectivity index (χ3v) is 3.66. The number of rotatable bonds is 4. The molecule has 0 aliphatic rings. The number of hydrogen-bond donors (Lipinski definition) is 0. The Hall–Kier alpha value is -2.76. The lowest BCUT2D eigenvalue weighted by Gasteiger charge is -2.26. The molecule has 0 spiro atoms. The van der Waals surface area contributed by atoms with Gasteiger partial charge in [0.15, 0.2) is 11.3 Å². The number of aromatic nitrogens is 4. The minimum absolute atomic E-state index is 0.0773. The van der Waals surface area contributed by atoms with Gasteiger partial charge < -0.3 is 4.90 Å². The number of carbonyl (C=O) groups excluding carboxylic acids is 1. The van der Waals surface area contributed by atoms with Crippen LogP contribution in [-0.4, -0.2) is 37.4 Å². The molecule has 0 aliphatic carbocycles. The second-order valence-corrected chi connectivity index (χ2v) is 5.05. The lowest BCUT2D eigenvalue weighted by molar-refractivity contribution is 0.0716. The van der Waals surface area contributed by atoms with Crippen LogP contribution in [0.25, 0.3) is 5.65 Å². The van der Waals surface area contributed by atoms with Crippen LogP contribution in [0, 0.1) is 0 Å². The van der Waals surface area contributed by atoms with Crippen molar-refractivity contribution in [2.75, 3.05) is 7.05 Å². The molecular weight excluding hydrogens is 278 g/mol. The monoisotopic (exact) mass is 295 g/mol. The Balaban J connectivity index is 1.89. The molecule has 3 aromatic rings. The largest absolute Gasteiger partial charge is 0.332 e. The number of carbonyl (C=O) groups is 1. The van der Waals surface area contributed by atoms with E-state index in [0.29, 0.717) is 11.3 Å². The average Bonchev–Trinajstić information content (AvgIpc) is 2.99. The highest BCUT2D eigenvalue weighted by Gasteiger charge is 2.24. The highest BCUT2D eigenvalue weighted by molar-refractivity contribution is 5.93. The van der Waals surface area contributed by atoms with E-state index in [-0.39, 0.29) is 11.9 Å². The predicted octanol–water partition coefficient (Wildman–Crippen LogP) is 2.35. The van der Waals surface area contributed by atoms with E-state index in [4.69, 9.17) is 0 Å². The zero-order valence-electron chi connectivity index (χ0n) is 12.5. The minimum Gasteiger partial charge on any atom is -0.332 e. The van der Waals surface area contributed by atoms with Gasteiger partial charge in [0.25, 0.3) is 5.91 Å². The van der Waals surface area contributed by atoms with Crippen LogP contribution in [0.4, 0.5) is 0 Å². The number of pyridine rings is 1. The number of hydrogen-bond acceptors (Lipinski definition) is 4. The van der Waals surface area contributed by atoms with E-state index >= 15 is 0 Å². The van der Waals surface area contributed by atoms with Crippen molar-refractivity contribution in [3.05, 3.63) is 60.3 Å². The highest BCUT2D eigenvalue weighted by atomic mass is 16.2. The third kappa shape index (κ3) is 2.55. The summed E-state index contributed by atoms with van der Waals surface area (Å²) in [5.41, 5.74) is 1.92. The SMILES string of the molecule is CCC(c1ccccn1)N(C)C(=O)c1cc2ncccn2n1. The minimum atomic E-state index is -0.136. The van der Waals surface area contributed by atoms with Crippen molar-refractivity contribution in [3.8, 4) is 0 Å². The number of nitrogens with zero attached hydrogens (tertiary/aromatic N) is 5. The molecule has 6 nitrogen and oxygen atoms in total. The van der Waals surface area contributed by atoms with Crippen molar-refractivity contribution < 1.29 is 4.79 Å². The summed E-state index contributed by atoms with van der Waals surface area (Å²) in [6.45, 7) is 2.04. The van der Waals surface area contributed by atoms with Crippen molar-refractivity contribution in [3.63, 3.8) is 0 Å². The van der Waals surface area contributed by atoms with Crippen molar-refractivity contribution >= 4 is 11.6 Å². The van der Waals surface area contributed by atoms with E-state index in [1.165, 1.54) is 0 Å². The van der Waals surface area contributed by atoms with Crippen LogP contribution in [0.15, 0.2) is 48.9 Å². The first-order valence-electron chi connectivity index (χ1n) is 7.19. The topological polar surface area (TPSA) is 63.4 Å². The zero-order valence-corrected chi connectivity index (χ0v) is 12.5. The van der Waals surface area contributed by atoms with E-state index in [1.54, 1.807) is 47.2 Å². The van der Waals surface area contributed by atoms with Crippen LogP contribution in [0.5, 0.6) is 0 Å². The molecule has 0 saturated carbocycles. The summed E-state index contributed by atoms with van der Waals surface area (Å²) in [5.74, 6) is -0.136. The summed E-state index contributed by atoms with van der Waals surface area (Å²) >= 11 is 0. The van der Waals surface area contributed by atoms with Gasteiger partial charge in [-0.2, -0.15) is 5.10 Å². The van der Waals surface area contributed by atoms with Gasteiger partial charge in [-0.25, -0.2) is 9.50 Å². The van der Waals surface area contributed by atoms with Crippen LogP contribution >= 0.6 is 0 Å². The first kappa shape index (κ1) is 14.2. The van der Waals surface area contributed by atoms with Gasteiger partial charge in [-0.3, -0.25) is 9.78 Å². The summed E-state index contributed by atoms with van der Waals surface area (Å²) in [5, 5.41) is 4.29. The van der Waals surface area contributed by atoms with Gasteiger partial charge in [0, 0.05) is 31.7 Å². The van der Waals surface area contributed by atoms with E-state index in [1.807, 2.05) is 25.1 Å². The van der Waals surface area contributed by atoms with Gasteiger partial charge in [-0.15, -0.1) is 0 Å². The maximum atomic E-state index is 12.7. The summed E-state index contributed by atoms with van der Waals surface area (Å²) in [7, 11) is 1.78. The predicted molar refractivity (Wildman–Crippen MR) is 82.3 cm³/mol. The standard InChI is InChI=1S/C16H17N5O/c1-3-14(12-7-4-5-8-17-12)20(2)16(22)13-11-15-18-9-6-10-21(15)19-13/h4-11,14H,3H2,1-2H3. The van der Waals surface area contributed by atoms with Crippen molar-refractivity contribution in [1.82, 2.24) is 24.5 Å². The van der Waals surface area contributed by atoms with Crippen LogP contribution in [0.2, 0.25) is 0 Å². The summed E-state index contributed by atoms with van der Waals surface area (Å²) in [6, 6.07) is 9.13. The Morgan fingerprint density at radius 1 is 1.27 bits per heavy atom. The molecule has 1 amide bonds. The molecule has 0 fully saturated rings. The lowest BCUT2D eigenvalue weighted by Crippen LogP contribution is -2.31. The van der Waals surface area contributed by atoms with Crippen LogP contribution in [0.1, 0.15) is 35.6 Å². The normalized spacial score (nSPS) is 12.3. The molecule has 1 unspecified atom stereocenters. The lowest BCUT2D eigenvalue weighted by atomic mass is 10.1. The van der Waals surface area contributed by atoms with Gasteiger partial charge in [0.2, 0.25) is 0 Å². The first-order valence-corrected chi connectivity index (χ1v) is 7.19. The molecule has 0 aromatic carbocycles. The molecule has 0 bridgehead atoms. The van der Waals surface area contributed by atoms with Crippen LogP contribution < -0.4 is 0 Å². The molecule has 1 atom stereocenters. The quantitative estimate of drug-likeness (QED) is 0.741. The van der Waals surface area contributed by atoms with Crippen LogP contribution in [-0.2, 0) is 0 Å². The van der Waals surface area contributed by atoms with E-state index < -0.39 is 0 Å². The first-order chi connectivity index (χ1) is 10.7. The summed E-state index contributed by atoms with van der Waals surface area (Å²) in [6.07, 6.45) is 5.98. The molecule has 0 aliphatic heterocycles. The average molecular weight is 295 g/mol. The van der Waals surface area contributed by atoms with Crippen molar-refractivity contribution in [2.45, 2.75) is 19.4 Å². The maximum absolute atomic E-state index is 12.7. The smallest absolute Gasteiger partial charge is 0.274 e. The summed E-state index contributed by atoms with van der Waals surface area (Å²) in [4.78, 5) is 22.9. The van der Waals surface area contributed by atoms with E-state index in [0.717, 1.165) is 12.1 Å². The second kappa shape index (κ2) is 5.93. The fraction of sp³-hybridized carbons (Fsp3) is 0.250. The maximum Gasteiger partial charge on any atom is 0.274 e. The van der Waals surface area contributed by atoms with Crippen molar-refractivity contribution in [1.29, 1.82) is 0 Å². The molecule has 112 valence electrons. The van der Waals surface area contributed by atoms with E-state index in [2.05, 4.69) is 15.1 Å². The van der Waals surface area contributed by atoms with Gasteiger partial charge in [0.1, 0.15) is 0 Å². The summed E-state index contributed by atoms with van der Waals surface area (Å²) < 4.78 is 1.60. The Labute approximate surface area is 128 Å². The molecule has 6 heteroatoms. The Morgan fingerprint density at radius 2 is 2.09 bits per heavy atom. The molecule has 0 N–H and O–H groups in total. The van der Waals surface area contributed by atoms with Gasteiger partial charge in [0.05, 0.1) is 11.7 Å². The second-order valence-electron chi connectivity index (χ2n) is 5.05. The Bertz CT molecular complexity index is 750. The fourth-order valence-corrected chi connectivity index (χ4v) is 2.51.